The van der Waals surface area contributed by atoms with E-state index in [4.69, 9.17) is 0 Å². The zero-order valence-corrected chi connectivity index (χ0v) is 24.8. The van der Waals surface area contributed by atoms with Gasteiger partial charge in [-0.25, -0.2) is 0 Å². The molecule has 0 heterocycles. The summed E-state index contributed by atoms with van der Waals surface area (Å²) < 4.78 is 0. The van der Waals surface area contributed by atoms with Gasteiger partial charge in [0.1, 0.15) is 0 Å². The second kappa shape index (κ2) is 15.0. The zero-order valence-electron chi connectivity index (χ0n) is 24.8. The maximum absolute atomic E-state index is 4.59. The highest BCUT2D eigenvalue weighted by Crippen LogP contribution is 2.34. The van der Waals surface area contributed by atoms with Gasteiger partial charge in [0.05, 0.1) is 6.54 Å². The fourth-order valence-corrected chi connectivity index (χ4v) is 4.93. The van der Waals surface area contributed by atoms with Crippen LogP contribution in [0.1, 0.15) is 29.2 Å². The number of allylic oxidation sites excluding steroid dienone is 4. The predicted octanol–water partition coefficient (Wildman–Crippen LogP) is 10.1. The van der Waals surface area contributed by atoms with Crippen LogP contribution in [-0.4, -0.2) is 13.3 Å². The normalized spacial score (nSPS) is 12.1. The third kappa shape index (κ3) is 7.87. The second-order valence-electron chi connectivity index (χ2n) is 10.1. The lowest BCUT2D eigenvalue weighted by Gasteiger charge is -2.25. The molecule has 212 valence electrons. The maximum atomic E-state index is 4.59. The monoisotopic (exact) mass is 559 g/mol. The van der Waals surface area contributed by atoms with E-state index in [-0.39, 0.29) is 0 Å². The van der Waals surface area contributed by atoms with E-state index >= 15 is 0 Å². The van der Waals surface area contributed by atoms with Crippen molar-refractivity contribution in [2.75, 3.05) is 11.9 Å². The molecule has 3 nitrogen and oxygen atoms in total. The smallest absolute Gasteiger partial charge is 0.0639 e. The summed E-state index contributed by atoms with van der Waals surface area (Å²) in [5, 5.41) is 3.39. The van der Waals surface area contributed by atoms with E-state index in [1.165, 1.54) is 5.56 Å². The first-order valence-corrected chi connectivity index (χ1v) is 14.6. The number of anilines is 3. The molecule has 0 fully saturated rings. The SMILES string of the molecule is C\C=C/C(=C\C=N\Cc1ccccc1)c1ccc(/C(=C/c2ccc(N(c3ccccc3)c3ccccc3)cc2)NC)cc1. The van der Waals surface area contributed by atoms with Crippen LogP contribution in [0.15, 0.2) is 163 Å². The van der Waals surface area contributed by atoms with E-state index in [9.17, 15) is 0 Å². The highest BCUT2D eigenvalue weighted by molar-refractivity contribution is 5.89. The average molecular weight is 560 g/mol. The Hall–Kier alpha value is -5.41. The van der Waals surface area contributed by atoms with Gasteiger partial charge in [0.25, 0.3) is 0 Å². The van der Waals surface area contributed by atoms with Crippen molar-refractivity contribution < 1.29 is 0 Å². The maximum Gasteiger partial charge on any atom is 0.0639 e. The molecule has 1 N–H and O–H groups in total. The second-order valence-corrected chi connectivity index (χ2v) is 10.1. The number of nitrogens with one attached hydrogen (secondary N) is 1. The Morgan fingerprint density at radius 2 is 1.19 bits per heavy atom. The molecule has 0 aliphatic carbocycles. The molecule has 0 radical (unpaired) electrons. The van der Waals surface area contributed by atoms with Gasteiger partial charge in [-0.05, 0) is 83.3 Å². The molecule has 0 aromatic heterocycles. The van der Waals surface area contributed by atoms with Crippen LogP contribution < -0.4 is 10.2 Å². The van der Waals surface area contributed by atoms with Crippen molar-refractivity contribution in [3.8, 4) is 0 Å². The summed E-state index contributed by atoms with van der Waals surface area (Å²) in [4.78, 5) is 6.86. The lowest BCUT2D eigenvalue weighted by Crippen LogP contribution is -2.09. The standard InChI is InChI=1S/C40H37N3/c1-3-13-34(28-29-42-31-33-14-7-4-8-15-33)35-22-24-36(25-23-35)40(41-2)30-32-20-26-39(27-21-32)43(37-16-9-5-10-17-37)38-18-11-6-12-19-38/h3-30,41H,31H2,1-2H3/b13-3-,34-28+,40-30-,42-29+. The lowest BCUT2D eigenvalue weighted by molar-refractivity contribution is 1.08. The van der Waals surface area contributed by atoms with Gasteiger partial charge in [0.2, 0.25) is 0 Å². The number of hydrogen-bond acceptors (Lipinski definition) is 3. The minimum absolute atomic E-state index is 0.674. The van der Waals surface area contributed by atoms with Crippen LogP contribution in [0.5, 0.6) is 0 Å². The molecule has 0 unspecified atom stereocenters. The van der Waals surface area contributed by atoms with Crippen molar-refractivity contribution in [3.05, 3.63) is 180 Å². The Balaban J connectivity index is 1.34. The van der Waals surface area contributed by atoms with Crippen LogP contribution in [0.25, 0.3) is 17.3 Å². The van der Waals surface area contributed by atoms with Crippen LogP contribution in [0.3, 0.4) is 0 Å². The van der Waals surface area contributed by atoms with E-state index < -0.39 is 0 Å². The number of aliphatic imine (C=N–C) groups is 1. The van der Waals surface area contributed by atoms with E-state index in [1.807, 2.05) is 50.5 Å². The molecule has 0 aliphatic heterocycles. The molecule has 5 rings (SSSR count). The average Bonchev–Trinajstić information content (AvgIpc) is 3.07. The molecule has 0 amide bonds. The molecule has 3 heteroatoms. The fourth-order valence-electron chi connectivity index (χ4n) is 4.93. The first-order chi connectivity index (χ1) is 21.2. The van der Waals surface area contributed by atoms with Crippen molar-refractivity contribution in [3.63, 3.8) is 0 Å². The number of nitrogens with zero attached hydrogens (tertiary/aromatic N) is 2. The highest BCUT2D eigenvalue weighted by atomic mass is 15.1. The summed E-state index contributed by atoms with van der Waals surface area (Å²) in [6.45, 7) is 2.71. The largest absolute Gasteiger partial charge is 0.388 e. The molecular weight excluding hydrogens is 522 g/mol. The van der Waals surface area contributed by atoms with E-state index in [2.05, 4.69) is 149 Å². The van der Waals surface area contributed by atoms with Crippen LogP contribution in [0.2, 0.25) is 0 Å². The molecule has 0 saturated carbocycles. The summed E-state index contributed by atoms with van der Waals surface area (Å²) in [6.07, 6.45) is 10.3. The summed E-state index contributed by atoms with van der Waals surface area (Å²) >= 11 is 0. The number of rotatable bonds is 11. The quantitative estimate of drug-likeness (QED) is 0.0990. The van der Waals surface area contributed by atoms with E-state index in [0.717, 1.165) is 45.0 Å². The first kappa shape index (κ1) is 29.1. The Labute approximate surface area is 255 Å². The third-order valence-corrected chi connectivity index (χ3v) is 7.11. The van der Waals surface area contributed by atoms with Crippen molar-refractivity contribution in [1.82, 2.24) is 5.32 Å². The molecule has 0 saturated heterocycles. The number of hydrogen-bond donors (Lipinski definition) is 1. The van der Waals surface area contributed by atoms with Crippen LogP contribution in [0, 0.1) is 0 Å². The van der Waals surface area contributed by atoms with Gasteiger partial charge in [-0.3, -0.25) is 4.99 Å². The van der Waals surface area contributed by atoms with Crippen molar-refractivity contribution in [2.45, 2.75) is 13.5 Å². The third-order valence-electron chi connectivity index (χ3n) is 7.11. The first-order valence-electron chi connectivity index (χ1n) is 14.6. The van der Waals surface area contributed by atoms with Gasteiger partial charge in [0.15, 0.2) is 0 Å². The zero-order chi connectivity index (χ0) is 29.7. The molecular formula is C40H37N3. The van der Waals surface area contributed by atoms with Crippen molar-refractivity contribution in [1.29, 1.82) is 0 Å². The predicted molar refractivity (Wildman–Crippen MR) is 186 cm³/mol. The Bertz CT molecular complexity index is 1640. The number of benzene rings is 5. The Morgan fingerprint density at radius 3 is 1.74 bits per heavy atom. The van der Waals surface area contributed by atoms with Gasteiger partial charge >= 0.3 is 0 Å². The fraction of sp³-hybridized carbons (Fsp3) is 0.0750. The van der Waals surface area contributed by atoms with E-state index in [1.54, 1.807) is 0 Å². The molecule has 0 bridgehead atoms. The molecule has 5 aromatic rings. The van der Waals surface area contributed by atoms with Crippen LogP contribution in [-0.2, 0) is 6.54 Å². The van der Waals surface area contributed by atoms with E-state index in [0.29, 0.717) is 6.54 Å². The van der Waals surface area contributed by atoms with Gasteiger partial charge in [-0.1, -0.05) is 115 Å². The number of para-hydroxylation sites is 2. The Morgan fingerprint density at radius 1 is 0.651 bits per heavy atom. The molecule has 0 spiro atoms. The van der Waals surface area contributed by atoms with Crippen LogP contribution >= 0.6 is 0 Å². The molecule has 43 heavy (non-hydrogen) atoms. The lowest BCUT2D eigenvalue weighted by atomic mass is 10.0. The van der Waals surface area contributed by atoms with Crippen LogP contribution in [0.4, 0.5) is 17.1 Å². The highest BCUT2D eigenvalue weighted by Gasteiger charge is 2.11. The van der Waals surface area contributed by atoms with Gasteiger partial charge < -0.3 is 10.2 Å². The molecule has 0 atom stereocenters. The minimum atomic E-state index is 0.674. The summed E-state index contributed by atoms with van der Waals surface area (Å²) in [5.41, 5.74) is 10.2. The molecule has 0 aliphatic rings. The summed E-state index contributed by atoms with van der Waals surface area (Å²) in [5.74, 6) is 0. The minimum Gasteiger partial charge on any atom is -0.388 e. The van der Waals surface area contributed by atoms with Gasteiger partial charge in [-0.15, -0.1) is 0 Å². The van der Waals surface area contributed by atoms with Gasteiger partial charge in [0, 0.05) is 36.0 Å². The topological polar surface area (TPSA) is 27.6 Å². The Kier molecular flexibility index (Phi) is 10.1. The van der Waals surface area contributed by atoms with Crippen molar-refractivity contribution >= 4 is 40.6 Å². The summed E-state index contributed by atoms with van der Waals surface area (Å²) in [7, 11) is 1.97. The molecule has 5 aromatic carbocycles. The van der Waals surface area contributed by atoms with Gasteiger partial charge in [-0.2, -0.15) is 0 Å². The summed E-state index contributed by atoms with van der Waals surface area (Å²) in [6, 6.07) is 48.6. The van der Waals surface area contributed by atoms with Crippen molar-refractivity contribution in [2.24, 2.45) is 4.99 Å².